The van der Waals surface area contributed by atoms with Crippen LogP contribution in [0.1, 0.15) is 38.5 Å². The van der Waals surface area contributed by atoms with Gasteiger partial charge in [0.2, 0.25) is 5.91 Å². The van der Waals surface area contributed by atoms with E-state index in [1.807, 2.05) is 0 Å². The molecular formula is C13H24N2O2. The van der Waals surface area contributed by atoms with Crippen LogP contribution in [-0.2, 0) is 9.53 Å². The maximum absolute atomic E-state index is 11.8. The molecule has 1 aliphatic heterocycles. The van der Waals surface area contributed by atoms with E-state index < -0.39 is 0 Å². The summed E-state index contributed by atoms with van der Waals surface area (Å²) in [6.45, 7) is 2.42. The zero-order valence-electron chi connectivity index (χ0n) is 10.5. The van der Waals surface area contributed by atoms with Crippen molar-refractivity contribution in [1.82, 2.24) is 5.32 Å². The van der Waals surface area contributed by atoms with Gasteiger partial charge in [-0.15, -0.1) is 0 Å². The van der Waals surface area contributed by atoms with Gasteiger partial charge < -0.3 is 15.8 Å². The molecular weight excluding hydrogens is 216 g/mol. The number of rotatable bonds is 4. The summed E-state index contributed by atoms with van der Waals surface area (Å²) in [7, 11) is 0. The molecule has 1 saturated heterocycles. The van der Waals surface area contributed by atoms with Gasteiger partial charge in [-0.1, -0.05) is 6.42 Å². The Hall–Kier alpha value is -0.610. The van der Waals surface area contributed by atoms with Crippen molar-refractivity contribution in [2.75, 3.05) is 19.8 Å². The number of nitrogens with one attached hydrogen (secondary N) is 1. The number of ether oxygens (including phenoxy) is 1. The molecule has 0 aromatic rings. The minimum Gasteiger partial charge on any atom is -0.381 e. The second kappa shape index (κ2) is 6.36. The predicted octanol–water partition coefficient (Wildman–Crippen LogP) is 1.05. The third-order valence-electron chi connectivity index (χ3n) is 3.91. The third kappa shape index (κ3) is 4.28. The summed E-state index contributed by atoms with van der Waals surface area (Å²) < 4.78 is 5.29. The van der Waals surface area contributed by atoms with Crippen molar-refractivity contribution in [1.29, 1.82) is 0 Å². The first-order valence-corrected chi connectivity index (χ1v) is 6.84. The van der Waals surface area contributed by atoms with Gasteiger partial charge >= 0.3 is 0 Å². The summed E-state index contributed by atoms with van der Waals surface area (Å²) in [5.74, 6) is 1.21. The highest BCUT2D eigenvalue weighted by atomic mass is 16.5. The molecule has 98 valence electrons. The van der Waals surface area contributed by atoms with Gasteiger partial charge in [0.25, 0.3) is 0 Å². The molecule has 2 aliphatic rings. The van der Waals surface area contributed by atoms with E-state index in [0.29, 0.717) is 24.3 Å². The fourth-order valence-corrected chi connectivity index (χ4v) is 2.85. The van der Waals surface area contributed by atoms with E-state index in [-0.39, 0.29) is 5.91 Å². The van der Waals surface area contributed by atoms with Crippen LogP contribution in [0.3, 0.4) is 0 Å². The second-order valence-electron chi connectivity index (χ2n) is 5.53. The van der Waals surface area contributed by atoms with Crippen molar-refractivity contribution < 1.29 is 9.53 Å². The van der Waals surface area contributed by atoms with Crippen molar-refractivity contribution >= 4 is 5.91 Å². The molecule has 0 bridgehead atoms. The van der Waals surface area contributed by atoms with Crippen LogP contribution < -0.4 is 11.1 Å². The Morgan fingerprint density at radius 2 is 2.18 bits per heavy atom. The standard InChI is InChI=1S/C13H24N2O2/c14-12-3-1-2-10(6-12)7-13(16)15-8-11-4-5-17-9-11/h10-12H,1-9,14H2,(H,15,16). The van der Waals surface area contributed by atoms with Crippen molar-refractivity contribution in [3.63, 3.8) is 0 Å². The van der Waals surface area contributed by atoms with Crippen LogP contribution >= 0.6 is 0 Å². The number of hydrogen-bond acceptors (Lipinski definition) is 3. The van der Waals surface area contributed by atoms with Gasteiger partial charge in [-0.05, 0) is 31.6 Å². The summed E-state index contributed by atoms with van der Waals surface area (Å²) in [5.41, 5.74) is 5.93. The number of carbonyl (C=O) groups excluding carboxylic acids is 1. The Bertz CT molecular complexity index is 252. The Labute approximate surface area is 103 Å². The summed E-state index contributed by atoms with van der Waals surface area (Å²) in [4.78, 5) is 11.8. The summed E-state index contributed by atoms with van der Waals surface area (Å²) in [5, 5.41) is 3.03. The summed E-state index contributed by atoms with van der Waals surface area (Å²) in [6, 6.07) is 0.310. The molecule has 3 unspecified atom stereocenters. The molecule has 1 saturated carbocycles. The molecule has 2 fully saturated rings. The van der Waals surface area contributed by atoms with Crippen LogP contribution in [-0.4, -0.2) is 31.7 Å². The fraction of sp³-hybridized carbons (Fsp3) is 0.923. The smallest absolute Gasteiger partial charge is 0.220 e. The molecule has 0 radical (unpaired) electrons. The Morgan fingerprint density at radius 1 is 1.29 bits per heavy atom. The minimum atomic E-state index is 0.191. The monoisotopic (exact) mass is 240 g/mol. The molecule has 3 N–H and O–H groups in total. The van der Waals surface area contributed by atoms with E-state index >= 15 is 0 Å². The maximum atomic E-state index is 11.8. The lowest BCUT2D eigenvalue weighted by atomic mass is 9.84. The van der Waals surface area contributed by atoms with Crippen LogP contribution in [0, 0.1) is 11.8 Å². The Kier molecular flexibility index (Phi) is 4.80. The molecule has 0 aromatic heterocycles. The van der Waals surface area contributed by atoms with Crippen LogP contribution in [0.5, 0.6) is 0 Å². The van der Waals surface area contributed by atoms with Gasteiger partial charge in [-0.25, -0.2) is 0 Å². The topological polar surface area (TPSA) is 64.4 Å². The largest absolute Gasteiger partial charge is 0.381 e. The van der Waals surface area contributed by atoms with Gasteiger partial charge in [0, 0.05) is 31.5 Å². The molecule has 4 nitrogen and oxygen atoms in total. The maximum Gasteiger partial charge on any atom is 0.220 e. The van der Waals surface area contributed by atoms with Crippen molar-refractivity contribution in [3.8, 4) is 0 Å². The highest BCUT2D eigenvalue weighted by Crippen LogP contribution is 2.25. The summed E-state index contributed by atoms with van der Waals surface area (Å²) in [6.07, 6.45) is 6.20. The van der Waals surface area contributed by atoms with E-state index in [1.54, 1.807) is 0 Å². The van der Waals surface area contributed by atoms with E-state index in [9.17, 15) is 4.79 Å². The minimum absolute atomic E-state index is 0.191. The average Bonchev–Trinajstić information content (AvgIpc) is 2.79. The normalized spacial score (nSPS) is 33.6. The average molecular weight is 240 g/mol. The Balaban J connectivity index is 1.62. The molecule has 0 aromatic carbocycles. The predicted molar refractivity (Wildman–Crippen MR) is 66.5 cm³/mol. The molecule has 2 rings (SSSR count). The van der Waals surface area contributed by atoms with Crippen LogP contribution in [0.15, 0.2) is 0 Å². The Morgan fingerprint density at radius 3 is 2.88 bits per heavy atom. The molecule has 1 heterocycles. The van der Waals surface area contributed by atoms with Gasteiger partial charge in [-0.3, -0.25) is 4.79 Å². The fourth-order valence-electron chi connectivity index (χ4n) is 2.85. The molecule has 3 atom stereocenters. The zero-order valence-corrected chi connectivity index (χ0v) is 10.5. The number of nitrogens with two attached hydrogens (primary N) is 1. The van der Waals surface area contributed by atoms with Crippen molar-refractivity contribution in [2.45, 2.75) is 44.6 Å². The molecule has 1 aliphatic carbocycles. The first kappa shape index (κ1) is 12.8. The van der Waals surface area contributed by atoms with Crippen LogP contribution in [0.4, 0.5) is 0 Å². The van der Waals surface area contributed by atoms with E-state index in [0.717, 1.165) is 45.4 Å². The lowest BCUT2D eigenvalue weighted by molar-refractivity contribution is -0.122. The van der Waals surface area contributed by atoms with E-state index in [4.69, 9.17) is 10.5 Å². The molecule has 1 amide bonds. The van der Waals surface area contributed by atoms with Gasteiger partial charge in [-0.2, -0.15) is 0 Å². The molecule has 0 spiro atoms. The summed E-state index contributed by atoms with van der Waals surface area (Å²) >= 11 is 0. The van der Waals surface area contributed by atoms with Crippen LogP contribution in [0.25, 0.3) is 0 Å². The van der Waals surface area contributed by atoms with Crippen molar-refractivity contribution in [2.24, 2.45) is 17.6 Å². The lowest BCUT2D eigenvalue weighted by Gasteiger charge is -2.26. The van der Waals surface area contributed by atoms with E-state index in [1.165, 1.54) is 6.42 Å². The zero-order chi connectivity index (χ0) is 12.1. The molecule has 4 heteroatoms. The quantitative estimate of drug-likeness (QED) is 0.772. The van der Waals surface area contributed by atoms with Gasteiger partial charge in [0.15, 0.2) is 0 Å². The SMILES string of the molecule is NC1CCCC(CC(=O)NCC2CCOC2)C1. The lowest BCUT2D eigenvalue weighted by Crippen LogP contribution is -2.34. The number of hydrogen-bond donors (Lipinski definition) is 2. The third-order valence-corrected chi connectivity index (χ3v) is 3.91. The van der Waals surface area contributed by atoms with Crippen molar-refractivity contribution in [3.05, 3.63) is 0 Å². The number of carbonyl (C=O) groups is 1. The first-order chi connectivity index (χ1) is 8.24. The van der Waals surface area contributed by atoms with Gasteiger partial charge in [0.1, 0.15) is 0 Å². The highest BCUT2D eigenvalue weighted by Gasteiger charge is 2.22. The second-order valence-corrected chi connectivity index (χ2v) is 5.53. The van der Waals surface area contributed by atoms with E-state index in [2.05, 4.69) is 5.32 Å². The van der Waals surface area contributed by atoms with Gasteiger partial charge in [0.05, 0.1) is 6.61 Å². The first-order valence-electron chi connectivity index (χ1n) is 6.84. The highest BCUT2D eigenvalue weighted by molar-refractivity contribution is 5.76. The van der Waals surface area contributed by atoms with Crippen LogP contribution in [0.2, 0.25) is 0 Å². The molecule has 17 heavy (non-hydrogen) atoms. The number of amides is 1.